The van der Waals surface area contributed by atoms with Crippen molar-refractivity contribution >= 4 is 45.2 Å². The number of hydrogen-bond acceptors (Lipinski definition) is 8. The minimum atomic E-state index is -2.74. The molecule has 0 fully saturated rings. The number of carbonyl (C=O) groups is 3. The second kappa shape index (κ2) is 13.9. The number of nitrogens with zero attached hydrogens (tertiary/aromatic N) is 1. The molecule has 12 heteroatoms. The topological polar surface area (TPSA) is 154 Å². The van der Waals surface area contributed by atoms with Gasteiger partial charge in [0.15, 0.2) is 5.60 Å². The molecular weight excluding hydrogens is 534 g/mol. The number of carboxylic acids is 3. The van der Waals surface area contributed by atoms with Gasteiger partial charge in [-0.2, -0.15) is 0 Å². The predicted molar refractivity (Wildman–Crippen MR) is 129 cm³/mol. The molecule has 0 saturated carbocycles. The maximum Gasteiger partial charge on any atom is 0.336 e. The Morgan fingerprint density at radius 1 is 1.09 bits per heavy atom. The molecule has 2 rings (SSSR count). The fourth-order valence-corrected chi connectivity index (χ4v) is 4.40. The smallest absolute Gasteiger partial charge is 0.336 e. The highest BCUT2D eigenvalue weighted by atomic mass is 79.9. The van der Waals surface area contributed by atoms with Gasteiger partial charge in [0.05, 0.1) is 24.8 Å². The zero-order valence-corrected chi connectivity index (χ0v) is 21.3. The molecule has 4 N–H and O–H groups in total. The monoisotopic (exact) mass is 561 g/mol. The molecule has 0 saturated heterocycles. The molecule has 2 aromatic rings. The van der Waals surface area contributed by atoms with Crippen molar-refractivity contribution in [2.75, 3.05) is 27.7 Å². The minimum Gasteiger partial charge on any atom is -0.497 e. The molecule has 1 aromatic heterocycles. The number of halogens is 1. The van der Waals surface area contributed by atoms with Crippen LogP contribution < -0.4 is 9.47 Å². The van der Waals surface area contributed by atoms with Gasteiger partial charge in [0.1, 0.15) is 17.6 Å². The fraction of sp³-hybridized carbons (Fsp3) is 0.409. The Morgan fingerprint density at radius 2 is 1.68 bits per heavy atom. The molecule has 0 aliphatic heterocycles. The molecular formula is C22H28BrNO9S. The summed E-state index contributed by atoms with van der Waals surface area (Å²) in [6, 6.07) is 9.82. The van der Waals surface area contributed by atoms with Crippen LogP contribution in [-0.4, -0.2) is 76.6 Å². The Hall–Kier alpha value is -2.67. The van der Waals surface area contributed by atoms with Crippen molar-refractivity contribution < 1.29 is 44.3 Å². The van der Waals surface area contributed by atoms with Gasteiger partial charge in [0.25, 0.3) is 0 Å². The van der Waals surface area contributed by atoms with Gasteiger partial charge in [-0.1, -0.05) is 6.07 Å². The molecule has 10 nitrogen and oxygen atoms in total. The molecule has 1 unspecified atom stereocenters. The Labute approximate surface area is 209 Å². The first-order chi connectivity index (χ1) is 15.9. The lowest BCUT2D eigenvalue weighted by atomic mass is 9.96. The zero-order valence-electron chi connectivity index (χ0n) is 18.9. The molecule has 0 radical (unpaired) electrons. The van der Waals surface area contributed by atoms with E-state index in [1.165, 1.54) is 4.88 Å². The summed E-state index contributed by atoms with van der Waals surface area (Å²) in [5.41, 5.74) is -2.74. The Morgan fingerprint density at radius 3 is 2.12 bits per heavy atom. The average Bonchev–Trinajstić information content (AvgIpc) is 3.16. The van der Waals surface area contributed by atoms with Crippen molar-refractivity contribution in [2.45, 2.75) is 31.0 Å². The summed E-state index contributed by atoms with van der Waals surface area (Å²) in [5, 5.41) is 35.9. The second-order valence-corrected chi connectivity index (χ2v) is 9.29. The number of ether oxygens (including phenoxy) is 2. The van der Waals surface area contributed by atoms with E-state index in [1.54, 1.807) is 18.4 Å². The van der Waals surface area contributed by atoms with Crippen molar-refractivity contribution in [3.05, 3.63) is 45.1 Å². The van der Waals surface area contributed by atoms with Gasteiger partial charge in [-0.05, 0) is 53.6 Å². The molecule has 1 aromatic carbocycles. The van der Waals surface area contributed by atoms with Crippen LogP contribution in [0.2, 0.25) is 0 Å². The van der Waals surface area contributed by atoms with Crippen LogP contribution in [0, 0.1) is 0 Å². The molecule has 1 atom stereocenters. The van der Waals surface area contributed by atoms with Crippen molar-refractivity contribution in [2.24, 2.45) is 0 Å². The normalized spacial score (nSPS) is 11.8. The first-order valence-electron chi connectivity index (χ1n) is 9.95. The molecule has 0 aliphatic rings. The Balaban J connectivity index is 0.000000385. The first-order valence-corrected chi connectivity index (χ1v) is 11.6. The van der Waals surface area contributed by atoms with E-state index in [4.69, 9.17) is 29.9 Å². The van der Waals surface area contributed by atoms with Gasteiger partial charge in [0.2, 0.25) is 0 Å². The molecule has 0 spiro atoms. The van der Waals surface area contributed by atoms with Crippen LogP contribution in [0.1, 0.15) is 30.2 Å². The van der Waals surface area contributed by atoms with Gasteiger partial charge in [-0.25, -0.2) is 4.79 Å². The van der Waals surface area contributed by atoms with E-state index >= 15 is 0 Å². The van der Waals surface area contributed by atoms with Gasteiger partial charge in [-0.3, -0.25) is 9.59 Å². The largest absolute Gasteiger partial charge is 0.497 e. The third-order valence-electron chi connectivity index (χ3n) is 4.38. The summed E-state index contributed by atoms with van der Waals surface area (Å²) in [5.74, 6) is -3.38. The predicted octanol–water partition coefficient (Wildman–Crippen LogP) is 3.34. The van der Waals surface area contributed by atoms with Crippen LogP contribution in [0.4, 0.5) is 0 Å². The summed E-state index contributed by atoms with van der Waals surface area (Å²) in [7, 11) is 5.82. The Bertz CT molecular complexity index is 947. The second-order valence-electron chi connectivity index (χ2n) is 7.49. The lowest BCUT2D eigenvalue weighted by Crippen LogP contribution is -2.42. The molecule has 0 aliphatic carbocycles. The summed E-state index contributed by atoms with van der Waals surface area (Å²) >= 11 is 5.32. The molecule has 188 valence electrons. The van der Waals surface area contributed by atoms with E-state index in [9.17, 15) is 14.4 Å². The number of aliphatic carboxylic acids is 3. The first kappa shape index (κ1) is 29.4. The molecule has 0 amide bonds. The van der Waals surface area contributed by atoms with Crippen LogP contribution in [0.5, 0.6) is 11.5 Å². The number of rotatable bonds is 12. The summed E-state index contributed by atoms with van der Waals surface area (Å²) < 4.78 is 12.6. The highest BCUT2D eigenvalue weighted by Crippen LogP contribution is 2.35. The van der Waals surface area contributed by atoms with Gasteiger partial charge in [-0.15, -0.1) is 11.3 Å². The van der Waals surface area contributed by atoms with Gasteiger partial charge < -0.3 is 34.8 Å². The highest BCUT2D eigenvalue weighted by molar-refractivity contribution is 9.10. The average molecular weight is 562 g/mol. The van der Waals surface area contributed by atoms with Crippen LogP contribution in [0.3, 0.4) is 0 Å². The maximum absolute atomic E-state index is 10.3. The van der Waals surface area contributed by atoms with Crippen LogP contribution >= 0.6 is 27.3 Å². The lowest BCUT2D eigenvalue weighted by Gasteiger charge is -2.21. The summed E-state index contributed by atoms with van der Waals surface area (Å²) in [6.45, 7) is 0.971. The zero-order chi connectivity index (χ0) is 25.9. The SMILES string of the molecule is COc1cccc(OC(CCN(C)C)c2sccc2Br)c1.O=C(O)CC(O)(CC(=O)O)C(=O)O. The third kappa shape index (κ3) is 10.1. The molecule has 34 heavy (non-hydrogen) atoms. The van der Waals surface area contributed by atoms with E-state index in [0.29, 0.717) is 0 Å². The molecule has 1 heterocycles. The number of hydrogen-bond donors (Lipinski definition) is 4. The van der Waals surface area contributed by atoms with E-state index in [0.717, 1.165) is 28.9 Å². The van der Waals surface area contributed by atoms with Crippen molar-refractivity contribution in [3.63, 3.8) is 0 Å². The van der Waals surface area contributed by atoms with E-state index < -0.39 is 36.4 Å². The highest BCUT2D eigenvalue weighted by Gasteiger charge is 2.40. The number of carboxylic acid groups (broad SMARTS) is 3. The number of benzene rings is 1. The van der Waals surface area contributed by atoms with Crippen LogP contribution in [0.25, 0.3) is 0 Å². The third-order valence-corrected chi connectivity index (χ3v) is 6.34. The van der Waals surface area contributed by atoms with E-state index in [1.807, 2.05) is 24.3 Å². The van der Waals surface area contributed by atoms with Crippen LogP contribution in [0.15, 0.2) is 40.2 Å². The standard InChI is InChI=1S/C16H20BrNO2S.C6H8O7/c1-18(2)9-7-15(16-14(17)8-10-21-16)20-13-6-4-5-12(11-13)19-3;7-3(8)1-6(13,5(11)12)2-4(9)10/h4-6,8,10-11,15H,7,9H2,1-3H3;13H,1-2H2,(H,7,8)(H,9,10)(H,11,12). The van der Waals surface area contributed by atoms with Crippen molar-refractivity contribution in [1.82, 2.24) is 4.90 Å². The number of methoxy groups -OCH3 is 1. The van der Waals surface area contributed by atoms with Gasteiger partial charge >= 0.3 is 17.9 Å². The molecule has 0 bridgehead atoms. The number of aliphatic hydroxyl groups is 1. The van der Waals surface area contributed by atoms with Crippen molar-refractivity contribution in [1.29, 1.82) is 0 Å². The lowest BCUT2D eigenvalue weighted by molar-refractivity contribution is -0.170. The maximum atomic E-state index is 10.3. The van der Waals surface area contributed by atoms with Crippen LogP contribution in [-0.2, 0) is 14.4 Å². The van der Waals surface area contributed by atoms with E-state index in [-0.39, 0.29) is 6.10 Å². The van der Waals surface area contributed by atoms with Gasteiger partial charge in [0, 0.05) is 23.5 Å². The van der Waals surface area contributed by atoms with Crippen molar-refractivity contribution in [3.8, 4) is 11.5 Å². The Kier molecular flexibility index (Phi) is 12.0. The fourth-order valence-electron chi connectivity index (χ4n) is 2.71. The summed E-state index contributed by atoms with van der Waals surface area (Å²) in [6.07, 6.45) is -1.32. The number of thiophene rings is 1. The quantitative estimate of drug-likeness (QED) is 0.303. The summed E-state index contributed by atoms with van der Waals surface area (Å²) in [4.78, 5) is 33.9. The van der Waals surface area contributed by atoms with E-state index in [2.05, 4.69) is 46.4 Å². The minimum absolute atomic E-state index is 0.0360.